The van der Waals surface area contributed by atoms with E-state index in [-0.39, 0.29) is 0 Å². The Morgan fingerprint density at radius 1 is 1.18 bits per heavy atom. The molecule has 1 heterocycles. The van der Waals surface area contributed by atoms with Crippen molar-refractivity contribution in [2.45, 2.75) is 13.5 Å². The molecule has 0 radical (unpaired) electrons. The van der Waals surface area contributed by atoms with Gasteiger partial charge in [0.1, 0.15) is 0 Å². The number of aromatic nitrogens is 1. The molecule has 1 aromatic heterocycles. The molecule has 0 bridgehead atoms. The van der Waals surface area contributed by atoms with Crippen LogP contribution in [0.2, 0.25) is 0 Å². The smallest absolute Gasteiger partial charge is 0.0897 e. The highest BCUT2D eigenvalue weighted by Crippen LogP contribution is 2.10. The molecule has 0 unspecified atom stereocenters. The average Bonchev–Trinajstić information content (AvgIpc) is 2.76. The van der Waals surface area contributed by atoms with Crippen LogP contribution in [-0.2, 0) is 6.54 Å². The molecule has 0 aliphatic heterocycles. The molecule has 0 atom stereocenters. The summed E-state index contributed by atoms with van der Waals surface area (Å²) in [6, 6.07) is 10.3. The van der Waals surface area contributed by atoms with Gasteiger partial charge in [-0.15, -0.1) is 11.3 Å². The summed E-state index contributed by atoms with van der Waals surface area (Å²) in [6.07, 6.45) is 1.94. The molecule has 0 aliphatic rings. The van der Waals surface area contributed by atoms with Gasteiger partial charge in [0.2, 0.25) is 0 Å². The number of benzene rings is 1. The zero-order valence-electron chi connectivity index (χ0n) is 9.94. The van der Waals surface area contributed by atoms with Crippen LogP contribution < -0.4 is 10.6 Å². The lowest BCUT2D eigenvalue weighted by molar-refractivity contribution is 0.713. The van der Waals surface area contributed by atoms with Gasteiger partial charge in [-0.2, -0.15) is 0 Å². The molecule has 0 aliphatic carbocycles. The van der Waals surface area contributed by atoms with E-state index in [1.807, 2.05) is 31.3 Å². The van der Waals surface area contributed by atoms with Gasteiger partial charge in [-0.1, -0.05) is 18.2 Å². The van der Waals surface area contributed by atoms with Crippen LogP contribution in [-0.4, -0.2) is 18.1 Å². The van der Waals surface area contributed by atoms with Gasteiger partial charge in [-0.25, -0.2) is 4.98 Å². The molecule has 0 saturated heterocycles. The van der Waals surface area contributed by atoms with E-state index in [0.29, 0.717) is 0 Å². The molecule has 2 rings (SSSR count). The van der Waals surface area contributed by atoms with Gasteiger partial charge in [0.05, 0.1) is 5.01 Å². The molecule has 3 nitrogen and oxygen atoms in total. The number of hydrogen-bond donors (Lipinski definition) is 2. The average molecular weight is 247 g/mol. The van der Waals surface area contributed by atoms with Crippen molar-refractivity contribution in [3.05, 3.63) is 46.4 Å². The highest BCUT2D eigenvalue weighted by Gasteiger charge is 1.96. The summed E-state index contributed by atoms with van der Waals surface area (Å²) in [7, 11) is 0. The topological polar surface area (TPSA) is 37.0 Å². The van der Waals surface area contributed by atoms with E-state index in [2.05, 4.69) is 27.8 Å². The summed E-state index contributed by atoms with van der Waals surface area (Å²) < 4.78 is 0. The fourth-order valence-electron chi connectivity index (χ4n) is 1.55. The second kappa shape index (κ2) is 6.37. The quantitative estimate of drug-likeness (QED) is 0.771. The predicted molar refractivity (Wildman–Crippen MR) is 73.5 cm³/mol. The Kier molecular flexibility index (Phi) is 4.53. The summed E-state index contributed by atoms with van der Waals surface area (Å²) in [5, 5.41) is 7.88. The van der Waals surface area contributed by atoms with Crippen molar-refractivity contribution in [1.82, 2.24) is 10.3 Å². The first-order valence-corrected chi connectivity index (χ1v) is 6.57. The normalized spacial score (nSPS) is 10.4. The molecule has 4 heteroatoms. The molecule has 2 N–H and O–H groups in total. The third-order valence-corrected chi connectivity index (χ3v) is 3.29. The van der Waals surface area contributed by atoms with Crippen LogP contribution in [0.1, 0.15) is 9.88 Å². The summed E-state index contributed by atoms with van der Waals surface area (Å²) >= 11 is 1.75. The first-order chi connectivity index (χ1) is 8.34. The van der Waals surface area contributed by atoms with Gasteiger partial charge in [-0.05, 0) is 19.1 Å². The third-order valence-electron chi connectivity index (χ3n) is 2.37. The highest BCUT2D eigenvalue weighted by molar-refractivity contribution is 7.11. The SMILES string of the molecule is Cc1ncc(CNCCNc2ccccc2)s1. The molecular formula is C13H17N3S. The van der Waals surface area contributed by atoms with Crippen LogP contribution >= 0.6 is 11.3 Å². The van der Waals surface area contributed by atoms with Gasteiger partial charge in [0, 0.05) is 36.4 Å². The third kappa shape index (κ3) is 4.17. The highest BCUT2D eigenvalue weighted by atomic mass is 32.1. The molecular weight excluding hydrogens is 230 g/mol. The standard InChI is InChI=1S/C13H17N3S/c1-11-16-10-13(17-11)9-14-7-8-15-12-5-3-2-4-6-12/h2-6,10,14-15H,7-9H2,1H3. The van der Waals surface area contributed by atoms with Crippen LogP contribution in [0.4, 0.5) is 5.69 Å². The van der Waals surface area contributed by atoms with Crippen molar-refractivity contribution in [2.75, 3.05) is 18.4 Å². The maximum atomic E-state index is 4.23. The Labute approximate surface area is 106 Å². The van der Waals surface area contributed by atoms with Crippen molar-refractivity contribution in [1.29, 1.82) is 0 Å². The number of thiazole rings is 1. The lowest BCUT2D eigenvalue weighted by Gasteiger charge is -2.06. The van der Waals surface area contributed by atoms with Crippen LogP contribution in [0.3, 0.4) is 0 Å². The number of rotatable bonds is 6. The molecule has 0 saturated carbocycles. The Morgan fingerprint density at radius 3 is 2.71 bits per heavy atom. The summed E-state index contributed by atoms with van der Waals surface area (Å²) in [5.41, 5.74) is 1.17. The zero-order valence-corrected chi connectivity index (χ0v) is 10.8. The number of aryl methyl sites for hydroxylation is 1. The maximum Gasteiger partial charge on any atom is 0.0897 e. The Morgan fingerprint density at radius 2 is 2.00 bits per heavy atom. The van der Waals surface area contributed by atoms with Crippen LogP contribution in [0.25, 0.3) is 0 Å². The van der Waals surface area contributed by atoms with Gasteiger partial charge < -0.3 is 10.6 Å². The van der Waals surface area contributed by atoms with E-state index in [4.69, 9.17) is 0 Å². The monoisotopic (exact) mass is 247 g/mol. The molecule has 0 spiro atoms. The minimum atomic E-state index is 0.905. The molecule has 1 aromatic carbocycles. The van der Waals surface area contributed by atoms with E-state index < -0.39 is 0 Å². The molecule has 90 valence electrons. The number of anilines is 1. The van der Waals surface area contributed by atoms with E-state index in [0.717, 1.165) is 24.6 Å². The van der Waals surface area contributed by atoms with Crippen molar-refractivity contribution < 1.29 is 0 Å². The maximum absolute atomic E-state index is 4.23. The van der Waals surface area contributed by atoms with Gasteiger partial charge in [0.25, 0.3) is 0 Å². The van der Waals surface area contributed by atoms with E-state index in [1.165, 1.54) is 10.6 Å². The molecule has 0 fully saturated rings. The Balaban J connectivity index is 1.61. The lowest BCUT2D eigenvalue weighted by atomic mass is 10.3. The van der Waals surface area contributed by atoms with Crippen LogP contribution in [0.5, 0.6) is 0 Å². The molecule has 17 heavy (non-hydrogen) atoms. The van der Waals surface area contributed by atoms with Crippen molar-refractivity contribution >= 4 is 17.0 Å². The number of nitrogens with one attached hydrogen (secondary N) is 2. The van der Waals surface area contributed by atoms with Gasteiger partial charge in [0.15, 0.2) is 0 Å². The van der Waals surface area contributed by atoms with Crippen LogP contribution in [0.15, 0.2) is 36.5 Å². The Hall–Kier alpha value is -1.39. The fourth-order valence-corrected chi connectivity index (χ4v) is 2.31. The first-order valence-electron chi connectivity index (χ1n) is 5.75. The number of nitrogens with zero attached hydrogens (tertiary/aromatic N) is 1. The summed E-state index contributed by atoms with van der Waals surface area (Å²) in [6.45, 7) is 4.82. The minimum Gasteiger partial charge on any atom is -0.384 e. The van der Waals surface area contributed by atoms with E-state index >= 15 is 0 Å². The van der Waals surface area contributed by atoms with Gasteiger partial charge >= 0.3 is 0 Å². The van der Waals surface area contributed by atoms with E-state index in [1.54, 1.807) is 11.3 Å². The Bertz CT molecular complexity index is 439. The second-order valence-corrected chi connectivity index (χ2v) is 5.13. The molecule has 2 aromatic rings. The summed E-state index contributed by atoms with van der Waals surface area (Å²) in [5.74, 6) is 0. The van der Waals surface area contributed by atoms with Crippen molar-refractivity contribution in [2.24, 2.45) is 0 Å². The number of hydrogen-bond acceptors (Lipinski definition) is 4. The summed E-state index contributed by atoms with van der Waals surface area (Å²) in [4.78, 5) is 5.52. The minimum absolute atomic E-state index is 0.905. The first kappa shape index (κ1) is 12.1. The second-order valence-electron chi connectivity index (χ2n) is 3.82. The van der Waals surface area contributed by atoms with Crippen LogP contribution in [0, 0.1) is 6.92 Å². The largest absolute Gasteiger partial charge is 0.384 e. The molecule has 0 amide bonds. The fraction of sp³-hybridized carbons (Fsp3) is 0.308. The van der Waals surface area contributed by atoms with Gasteiger partial charge in [-0.3, -0.25) is 0 Å². The lowest BCUT2D eigenvalue weighted by Crippen LogP contribution is -2.21. The predicted octanol–water partition coefficient (Wildman–Crippen LogP) is 2.65. The van der Waals surface area contributed by atoms with E-state index in [9.17, 15) is 0 Å². The zero-order chi connectivity index (χ0) is 11.9. The number of para-hydroxylation sites is 1. The van der Waals surface area contributed by atoms with Crippen molar-refractivity contribution in [3.8, 4) is 0 Å². The van der Waals surface area contributed by atoms with Crippen molar-refractivity contribution in [3.63, 3.8) is 0 Å².